The first-order valence-electron chi connectivity index (χ1n) is 21.1. The normalized spacial score (nSPS) is 50.0. The van der Waals surface area contributed by atoms with Gasteiger partial charge in [-0.15, -0.1) is 0 Å². The van der Waals surface area contributed by atoms with E-state index >= 15 is 0 Å². The molecule has 8 aliphatic carbocycles. The average molecular weight is 690 g/mol. The summed E-state index contributed by atoms with van der Waals surface area (Å²) in [6, 6.07) is 0. The smallest absolute Gasteiger partial charge is 0.431 e. The number of rotatable bonds is 6. The lowest BCUT2D eigenvalue weighted by atomic mass is 9.47. The van der Waals surface area contributed by atoms with Crippen LogP contribution in [0.25, 0.3) is 0 Å². The molecule has 6 saturated carbocycles. The maximum absolute atomic E-state index is 13.0. The van der Waals surface area contributed by atoms with Crippen LogP contribution in [0.4, 0.5) is 4.79 Å². The molecular weight excluding hydrogens is 624 g/mol. The fourth-order valence-corrected chi connectivity index (χ4v) is 15.1. The zero-order chi connectivity index (χ0) is 36.1. The van der Waals surface area contributed by atoms with Gasteiger partial charge in [0.25, 0.3) is 0 Å². The number of carbonyl (C=O) groups excluding carboxylic acids is 3. The van der Waals surface area contributed by atoms with E-state index in [0.29, 0.717) is 47.1 Å². The predicted octanol–water partition coefficient (Wildman–Crippen LogP) is 10.2. The summed E-state index contributed by atoms with van der Waals surface area (Å²) < 4.78 is 25.8. The molecule has 0 amide bonds. The van der Waals surface area contributed by atoms with Gasteiger partial charge < -0.3 is 14.2 Å². The fourth-order valence-electron chi connectivity index (χ4n) is 15.1. The first-order valence-corrected chi connectivity index (χ1v) is 20.5. The second kappa shape index (κ2) is 12.6. The number of Topliss-reactive ketones (excluding diaryl/α,β-unsaturated/α-hetero) is 2. The summed E-state index contributed by atoms with van der Waals surface area (Å²) in [5.74, 6) is 5.03. The van der Waals surface area contributed by atoms with E-state index in [1.807, 2.05) is 0 Å². The Balaban J connectivity index is 0.839. The Bertz CT molecular complexity index is 1500. The molecule has 0 saturated heterocycles. The van der Waals surface area contributed by atoms with Crippen LogP contribution in [0.5, 0.6) is 0 Å². The summed E-state index contributed by atoms with van der Waals surface area (Å²) in [7, 11) is 0. The molecule has 6 heteroatoms. The highest BCUT2D eigenvalue weighted by Gasteiger charge is 2.61. The standard InChI is InChI=1S/C44H64O6/c1-26(45)34-11-13-36-32-9-7-28-23-30(15-19-41(28,3)38(32)17-21-43(34,36)5)48-25-49-40(47)50-31-16-20-42(4)29(24-31)8-10-33-37-14-12-35(27(2)46)44(37,6)22-18-39(33)42/h7-8,30-39H,9-25H2,1-6H3/i25D. The molecule has 0 heterocycles. The highest BCUT2D eigenvalue weighted by atomic mass is 16.8. The molecule has 0 bridgehead atoms. The SMILES string of the molecule is [2H]C(OC(=O)OC1CCC2(C)C(=CCC3C2CCC2(C)C(C(C)=O)CCC32)C1)OC1CCC2(C)C(=CCC3C2CCC2(C)C(C(C)=O)CCC32)C1. The maximum Gasteiger partial charge on any atom is 0.510 e. The zero-order valence-electron chi connectivity index (χ0n) is 32.8. The van der Waals surface area contributed by atoms with E-state index in [-0.39, 0.29) is 45.7 Å². The van der Waals surface area contributed by atoms with Crippen molar-refractivity contribution in [1.82, 2.24) is 0 Å². The van der Waals surface area contributed by atoms with E-state index < -0.39 is 12.9 Å². The summed E-state index contributed by atoms with van der Waals surface area (Å²) >= 11 is 0. The third kappa shape index (κ3) is 5.36. The molecule has 0 N–H and O–H groups in total. The van der Waals surface area contributed by atoms with Gasteiger partial charge in [-0.3, -0.25) is 9.59 Å². The van der Waals surface area contributed by atoms with Crippen molar-refractivity contribution in [3.63, 3.8) is 0 Å². The van der Waals surface area contributed by atoms with Crippen LogP contribution < -0.4 is 0 Å². The monoisotopic (exact) mass is 689 g/mol. The molecule has 8 rings (SSSR count). The lowest BCUT2D eigenvalue weighted by molar-refractivity contribution is -0.128. The Hall–Kier alpha value is -1.95. The van der Waals surface area contributed by atoms with Gasteiger partial charge in [-0.25, -0.2) is 4.79 Å². The third-order valence-electron chi connectivity index (χ3n) is 17.8. The number of carbonyl (C=O) groups is 3. The minimum atomic E-state index is -1.40. The maximum atomic E-state index is 13.0. The zero-order valence-corrected chi connectivity index (χ0v) is 31.8. The van der Waals surface area contributed by atoms with Crippen molar-refractivity contribution in [2.24, 2.45) is 69.0 Å². The number of ketones is 2. The predicted molar refractivity (Wildman–Crippen MR) is 193 cm³/mol. The van der Waals surface area contributed by atoms with Gasteiger partial charge in [-0.05, 0) is 167 Å². The lowest BCUT2D eigenvalue weighted by Crippen LogP contribution is -2.51. The minimum absolute atomic E-state index is 0.123. The van der Waals surface area contributed by atoms with Crippen LogP contribution in [0.15, 0.2) is 23.3 Å². The van der Waals surface area contributed by atoms with Crippen molar-refractivity contribution in [2.45, 2.75) is 156 Å². The molecule has 0 aromatic rings. The van der Waals surface area contributed by atoms with E-state index in [1.54, 1.807) is 13.8 Å². The van der Waals surface area contributed by atoms with Crippen LogP contribution in [0.2, 0.25) is 0 Å². The van der Waals surface area contributed by atoms with Gasteiger partial charge in [0.2, 0.25) is 0 Å². The van der Waals surface area contributed by atoms with Gasteiger partial charge in [-0.1, -0.05) is 51.0 Å². The molecule has 0 radical (unpaired) electrons. The molecule has 0 aromatic heterocycles. The first-order chi connectivity index (χ1) is 24.2. The number of allylic oxidation sites excluding steroid dienone is 2. The van der Waals surface area contributed by atoms with Gasteiger partial charge in [0.15, 0.2) is 6.77 Å². The molecule has 50 heavy (non-hydrogen) atoms. The van der Waals surface area contributed by atoms with Gasteiger partial charge in [0, 0.05) is 18.3 Å². The Morgan fingerprint density at radius 1 is 0.660 bits per heavy atom. The van der Waals surface area contributed by atoms with Crippen molar-refractivity contribution in [3.8, 4) is 0 Å². The van der Waals surface area contributed by atoms with E-state index in [4.69, 9.17) is 15.6 Å². The molecule has 0 aromatic carbocycles. The summed E-state index contributed by atoms with van der Waals surface area (Å²) in [6.45, 7) is 11.9. The first kappa shape index (κ1) is 33.9. The molecule has 15 unspecified atom stereocenters. The van der Waals surface area contributed by atoms with Crippen molar-refractivity contribution in [2.75, 3.05) is 6.77 Å². The van der Waals surface area contributed by atoms with Crippen LogP contribution in [0.1, 0.15) is 146 Å². The highest BCUT2D eigenvalue weighted by Crippen LogP contribution is 2.68. The van der Waals surface area contributed by atoms with Gasteiger partial charge in [0.1, 0.15) is 19.0 Å². The number of hydrogen-bond donors (Lipinski definition) is 0. The average Bonchev–Trinajstić information content (AvgIpc) is 3.62. The van der Waals surface area contributed by atoms with Crippen LogP contribution in [0, 0.1) is 69.0 Å². The van der Waals surface area contributed by atoms with E-state index in [2.05, 4.69) is 39.8 Å². The molecule has 0 aliphatic heterocycles. The molecule has 15 atom stereocenters. The Morgan fingerprint density at radius 2 is 1.14 bits per heavy atom. The topological polar surface area (TPSA) is 78.9 Å². The van der Waals surface area contributed by atoms with Gasteiger partial charge in [0.05, 0.1) is 6.10 Å². The summed E-state index contributed by atoms with van der Waals surface area (Å²) in [6.07, 6.45) is 20.2. The second-order valence-electron chi connectivity index (χ2n) is 19.5. The lowest BCUT2D eigenvalue weighted by Gasteiger charge is -2.58. The Kier molecular flexibility index (Phi) is 8.52. The van der Waals surface area contributed by atoms with Crippen LogP contribution in [0.3, 0.4) is 0 Å². The summed E-state index contributed by atoms with van der Waals surface area (Å²) in [4.78, 5) is 38.0. The van der Waals surface area contributed by atoms with E-state index in [9.17, 15) is 14.4 Å². The van der Waals surface area contributed by atoms with Crippen LogP contribution in [-0.4, -0.2) is 36.7 Å². The fraction of sp³-hybridized carbons (Fsp3) is 0.841. The molecule has 6 nitrogen and oxygen atoms in total. The van der Waals surface area contributed by atoms with Crippen molar-refractivity contribution in [1.29, 1.82) is 0 Å². The van der Waals surface area contributed by atoms with Crippen molar-refractivity contribution in [3.05, 3.63) is 23.3 Å². The molecule has 8 aliphatic rings. The van der Waals surface area contributed by atoms with Crippen LogP contribution >= 0.6 is 0 Å². The van der Waals surface area contributed by atoms with Gasteiger partial charge >= 0.3 is 6.16 Å². The summed E-state index contributed by atoms with van der Waals surface area (Å²) in [5.41, 5.74) is 3.46. The summed E-state index contributed by atoms with van der Waals surface area (Å²) in [5, 5.41) is 0. The molecule has 0 spiro atoms. The highest BCUT2D eigenvalue weighted by molar-refractivity contribution is 5.80. The number of fused-ring (bicyclic) bond motifs is 10. The van der Waals surface area contributed by atoms with E-state index in [1.165, 1.54) is 36.8 Å². The van der Waals surface area contributed by atoms with Crippen molar-refractivity contribution >= 4 is 17.7 Å². The quantitative estimate of drug-likeness (QED) is 0.157. The Labute approximate surface area is 302 Å². The molecule has 6 fully saturated rings. The van der Waals surface area contributed by atoms with Gasteiger partial charge in [-0.2, -0.15) is 0 Å². The number of ether oxygens (including phenoxy) is 3. The molecule has 276 valence electrons. The number of hydrogen-bond acceptors (Lipinski definition) is 6. The molecular formula is C44H64O6. The van der Waals surface area contributed by atoms with Crippen LogP contribution in [-0.2, 0) is 23.8 Å². The second-order valence-corrected chi connectivity index (χ2v) is 19.5. The minimum Gasteiger partial charge on any atom is -0.431 e. The van der Waals surface area contributed by atoms with Crippen molar-refractivity contribution < 1.29 is 30.0 Å². The third-order valence-corrected chi connectivity index (χ3v) is 17.8. The van der Waals surface area contributed by atoms with E-state index in [0.717, 1.165) is 77.0 Å². The Morgan fingerprint density at radius 3 is 1.64 bits per heavy atom. The largest absolute Gasteiger partial charge is 0.510 e.